The zero-order valence-electron chi connectivity index (χ0n) is 11.1. The number of carboxylic acid groups (broad SMARTS) is 1. The highest BCUT2D eigenvalue weighted by Crippen LogP contribution is 2.20. The third-order valence-electron chi connectivity index (χ3n) is 3.20. The lowest BCUT2D eigenvalue weighted by Crippen LogP contribution is -2.54. The molecule has 1 fully saturated rings. The number of urea groups is 1. The number of likely N-dealkylation sites (tertiary alicyclic amines) is 1. The smallest absolute Gasteiger partial charge is 0.320 e. The van der Waals surface area contributed by atoms with Crippen molar-refractivity contribution in [3.05, 3.63) is 18.0 Å². The van der Waals surface area contributed by atoms with Gasteiger partial charge in [-0.1, -0.05) is 0 Å². The second kappa shape index (κ2) is 5.29. The molecule has 0 aromatic carbocycles. The van der Waals surface area contributed by atoms with E-state index in [0.29, 0.717) is 19.6 Å². The van der Waals surface area contributed by atoms with E-state index in [2.05, 4.69) is 5.10 Å². The minimum absolute atomic E-state index is 0.0644. The maximum atomic E-state index is 12.0. The lowest BCUT2D eigenvalue weighted by atomic mass is 9.97. The van der Waals surface area contributed by atoms with Gasteiger partial charge in [0.2, 0.25) is 0 Å². The van der Waals surface area contributed by atoms with E-state index >= 15 is 0 Å². The molecule has 2 heterocycles. The van der Waals surface area contributed by atoms with Gasteiger partial charge in [-0.05, 0) is 0 Å². The number of aliphatic carboxylic acids is 1. The fourth-order valence-corrected chi connectivity index (χ4v) is 2.24. The average Bonchev–Trinajstić information content (AvgIpc) is 2.67. The predicted octanol–water partition coefficient (Wildman–Crippen LogP) is 0.378. The van der Waals surface area contributed by atoms with Crippen LogP contribution in [0.25, 0.3) is 0 Å². The molecule has 0 atom stereocenters. The summed E-state index contributed by atoms with van der Waals surface area (Å²) in [7, 11) is 3.57. The molecule has 104 valence electrons. The van der Waals surface area contributed by atoms with E-state index < -0.39 is 5.97 Å². The molecule has 0 aliphatic carbocycles. The van der Waals surface area contributed by atoms with Gasteiger partial charge in [0.05, 0.1) is 19.2 Å². The number of nitrogens with zero attached hydrogens (tertiary/aromatic N) is 4. The van der Waals surface area contributed by atoms with Crippen molar-refractivity contribution in [2.24, 2.45) is 13.0 Å². The molecular weight excluding hydrogens is 248 g/mol. The average molecular weight is 266 g/mol. The Morgan fingerprint density at radius 3 is 2.74 bits per heavy atom. The van der Waals surface area contributed by atoms with Gasteiger partial charge in [0.1, 0.15) is 0 Å². The van der Waals surface area contributed by atoms with Crippen LogP contribution in [0.5, 0.6) is 0 Å². The number of aromatic nitrogens is 2. The van der Waals surface area contributed by atoms with Crippen molar-refractivity contribution in [3.63, 3.8) is 0 Å². The second-order valence-electron chi connectivity index (χ2n) is 5.03. The Morgan fingerprint density at radius 1 is 1.53 bits per heavy atom. The summed E-state index contributed by atoms with van der Waals surface area (Å²) < 4.78 is 1.69. The number of aryl methyl sites for hydroxylation is 1. The van der Waals surface area contributed by atoms with Crippen LogP contribution in [0.15, 0.2) is 12.4 Å². The van der Waals surface area contributed by atoms with E-state index in [1.165, 1.54) is 0 Å². The van der Waals surface area contributed by atoms with Gasteiger partial charge in [-0.25, -0.2) is 4.79 Å². The Labute approximate surface area is 111 Å². The van der Waals surface area contributed by atoms with Gasteiger partial charge < -0.3 is 14.9 Å². The van der Waals surface area contributed by atoms with Gasteiger partial charge in [0.25, 0.3) is 0 Å². The Morgan fingerprint density at radius 2 is 2.21 bits per heavy atom. The van der Waals surface area contributed by atoms with Crippen LogP contribution in [-0.4, -0.2) is 56.8 Å². The van der Waals surface area contributed by atoms with Gasteiger partial charge in [0.15, 0.2) is 0 Å². The van der Waals surface area contributed by atoms with Gasteiger partial charge >= 0.3 is 12.0 Å². The van der Waals surface area contributed by atoms with Crippen LogP contribution in [0.4, 0.5) is 4.79 Å². The molecule has 1 aromatic rings. The molecule has 7 heteroatoms. The van der Waals surface area contributed by atoms with Crippen molar-refractivity contribution in [2.75, 3.05) is 20.1 Å². The molecule has 19 heavy (non-hydrogen) atoms. The molecule has 7 nitrogen and oxygen atoms in total. The minimum Gasteiger partial charge on any atom is -0.481 e. The molecule has 0 spiro atoms. The summed E-state index contributed by atoms with van der Waals surface area (Å²) in [5.74, 6) is -0.714. The maximum Gasteiger partial charge on any atom is 0.320 e. The van der Waals surface area contributed by atoms with Crippen molar-refractivity contribution >= 4 is 12.0 Å². The normalized spacial score (nSPS) is 15.2. The molecule has 0 saturated carbocycles. The van der Waals surface area contributed by atoms with Crippen molar-refractivity contribution in [1.29, 1.82) is 0 Å². The fourth-order valence-electron chi connectivity index (χ4n) is 2.24. The Hall–Kier alpha value is -2.05. The Bertz CT molecular complexity index is 479. The van der Waals surface area contributed by atoms with E-state index in [1.54, 1.807) is 27.7 Å². The second-order valence-corrected chi connectivity index (χ2v) is 5.03. The molecular formula is C12H18N4O3. The van der Waals surface area contributed by atoms with Gasteiger partial charge in [-0.2, -0.15) is 5.10 Å². The summed E-state index contributed by atoms with van der Waals surface area (Å²) in [5, 5.41) is 12.7. The molecule has 1 aromatic heterocycles. The lowest BCUT2D eigenvalue weighted by molar-refractivity contribution is -0.139. The van der Waals surface area contributed by atoms with Crippen LogP contribution in [0.3, 0.4) is 0 Å². The highest BCUT2D eigenvalue weighted by molar-refractivity contribution is 5.75. The summed E-state index contributed by atoms with van der Waals surface area (Å²) in [4.78, 5) is 25.9. The van der Waals surface area contributed by atoms with Crippen LogP contribution in [-0.2, 0) is 18.4 Å². The quantitative estimate of drug-likeness (QED) is 0.854. The van der Waals surface area contributed by atoms with Crippen LogP contribution in [0, 0.1) is 5.92 Å². The van der Waals surface area contributed by atoms with Crippen molar-refractivity contribution in [3.8, 4) is 0 Å². The summed E-state index contributed by atoms with van der Waals surface area (Å²) in [6.45, 7) is 1.57. The maximum absolute atomic E-state index is 12.0. The van der Waals surface area contributed by atoms with Crippen LogP contribution in [0.1, 0.15) is 12.0 Å². The van der Waals surface area contributed by atoms with Crippen LogP contribution < -0.4 is 0 Å². The molecule has 1 aliphatic heterocycles. The number of carbonyl (C=O) groups excluding carboxylic acids is 1. The van der Waals surface area contributed by atoms with Gasteiger partial charge in [-0.15, -0.1) is 0 Å². The standard InChI is InChI=1S/C12H18N4O3/c1-14(5-10-4-13-15(2)6-10)12(19)16-7-9(8-16)3-11(17)18/h4,6,9H,3,5,7-8H2,1-2H3,(H,17,18). The third-order valence-corrected chi connectivity index (χ3v) is 3.20. The highest BCUT2D eigenvalue weighted by atomic mass is 16.4. The number of carboxylic acids is 1. The zero-order valence-corrected chi connectivity index (χ0v) is 11.1. The zero-order chi connectivity index (χ0) is 14.0. The molecule has 0 unspecified atom stereocenters. The molecule has 2 amide bonds. The summed E-state index contributed by atoms with van der Waals surface area (Å²) in [6, 6.07) is -0.0644. The number of carbonyl (C=O) groups is 2. The molecule has 1 N–H and O–H groups in total. The molecule has 1 aliphatic rings. The van der Waals surface area contributed by atoms with Crippen LogP contribution in [0.2, 0.25) is 0 Å². The fraction of sp³-hybridized carbons (Fsp3) is 0.583. The predicted molar refractivity (Wildman–Crippen MR) is 67.4 cm³/mol. The molecule has 0 radical (unpaired) electrons. The Balaban J connectivity index is 1.79. The van der Waals surface area contributed by atoms with Crippen molar-refractivity contribution < 1.29 is 14.7 Å². The first-order valence-electron chi connectivity index (χ1n) is 6.15. The first-order chi connectivity index (χ1) is 8.95. The van der Waals surface area contributed by atoms with Gasteiger partial charge in [-0.3, -0.25) is 9.48 Å². The van der Waals surface area contributed by atoms with Crippen molar-refractivity contribution in [2.45, 2.75) is 13.0 Å². The van der Waals surface area contributed by atoms with E-state index in [1.807, 2.05) is 13.2 Å². The number of amides is 2. The molecule has 0 bridgehead atoms. The molecule has 2 rings (SSSR count). The summed E-state index contributed by atoms with van der Waals surface area (Å²) >= 11 is 0. The van der Waals surface area contributed by atoms with Crippen molar-refractivity contribution in [1.82, 2.24) is 19.6 Å². The Kier molecular flexibility index (Phi) is 3.73. The molecule has 1 saturated heterocycles. The van der Waals surface area contributed by atoms with E-state index in [0.717, 1.165) is 5.56 Å². The largest absolute Gasteiger partial charge is 0.481 e. The SMILES string of the molecule is CN(Cc1cnn(C)c1)C(=O)N1CC(CC(=O)O)C1. The van der Waals surface area contributed by atoms with E-state index in [9.17, 15) is 9.59 Å². The summed E-state index contributed by atoms with van der Waals surface area (Å²) in [6.07, 6.45) is 3.73. The lowest BCUT2D eigenvalue weighted by Gasteiger charge is -2.40. The number of rotatable bonds is 4. The number of hydrogen-bond donors (Lipinski definition) is 1. The summed E-state index contributed by atoms with van der Waals surface area (Å²) in [5.41, 5.74) is 0.973. The topological polar surface area (TPSA) is 78.7 Å². The number of hydrogen-bond acceptors (Lipinski definition) is 3. The minimum atomic E-state index is -0.805. The van der Waals surface area contributed by atoms with E-state index in [-0.39, 0.29) is 18.4 Å². The first-order valence-corrected chi connectivity index (χ1v) is 6.15. The monoisotopic (exact) mass is 266 g/mol. The van der Waals surface area contributed by atoms with E-state index in [4.69, 9.17) is 5.11 Å². The van der Waals surface area contributed by atoms with Gasteiger partial charge in [0, 0.05) is 44.9 Å². The third kappa shape index (κ3) is 3.24. The highest BCUT2D eigenvalue weighted by Gasteiger charge is 2.33. The van der Waals surface area contributed by atoms with Crippen LogP contribution >= 0.6 is 0 Å². The first kappa shape index (κ1) is 13.4.